The van der Waals surface area contributed by atoms with Gasteiger partial charge in [-0.2, -0.15) is 0 Å². The lowest BCUT2D eigenvalue weighted by Gasteiger charge is -2.36. The average Bonchev–Trinajstić information content (AvgIpc) is 2.28. The van der Waals surface area contributed by atoms with E-state index in [2.05, 4.69) is 37.9 Å². The number of nitrogens with zero attached hydrogens (tertiary/aromatic N) is 1. The van der Waals surface area contributed by atoms with Crippen LogP contribution >= 0.6 is 0 Å². The van der Waals surface area contributed by atoms with Gasteiger partial charge in [0, 0.05) is 25.7 Å². The molecule has 1 aliphatic heterocycles. The molecule has 2 unspecified atom stereocenters. The average molecular weight is 242 g/mol. The van der Waals surface area contributed by atoms with Crippen molar-refractivity contribution in [2.45, 2.75) is 64.6 Å². The summed E-state index contributed by atoms with van der Waals surface area (Å²) in [5.41, 5.74) is -0.0302. The Kier molecular flexibility index (Phi) is 5.90. The smallest absolute Gasteiger partial charge is 0.0749 e. The normalized spacial score (nSPS) is 28.8. The van der Waals surface area contributed by atoms with E-state index in [-0.39, 0.29) is 5.60 Å². The fraction of sp³-hybridized carbons (Fsp3) is 1.00. The highest BCUT2D eigenvalue weighted by Gasteiger charge is 2.23. The van der Waals surface area contributed by atoms with Gasteiger partial charge in [-0.1, -0.05) is 6.92 Å². The molecule has 17 heavy (non-hydrogen) atoms. The van der Waals surface area contributed by atoms with Gasteiger partial charge >= 0.3 is 0 Å². The Bertz CT molecular complexity index is 218. The predicted molar refractivity (Wildman–Crippen MR) is 73.4 cm³/mol. The Balaban J connectivity index is 2.50. The molecule has 1 saturated heterocycles. The Labute approximate surface area is 107 Å². The molecular weight excluding hydrogens is 212 g/mol. The molecule has 2 atom stereocenters. The van der Waals surface area contributed by atoms with Crippen LogP contribution in [0, 0.1) is 0 Å². The van der Waals surface area contributed by atoms with Crippen LogP contribution in [0.2, 0.25) is 0 Å². The molecule has 0 amide bonds. The number of rotatable bonds is 4. The third kappa shape index (κ3) is 5.36. The molecule has 0 saturated carbocycles. The third-order valence-electron chi connectivity index (χ3n) is 3.84. The van der Waals surface area contributed by atoms with Gasteiger partial charge in [0.1, 0.15) is 0 Å². The van der Waals surface area contributed by atoms with E-state index in [1.807, 2.05) is 7.11 Å². The van der Waals surface area contributed by atoms with E-state index in [0.717, 1.165) is 6.54 Å². The fourth-order valence-corrected chi connectivity index (χ4v) is 2.48. The highest BCUT2D eigenvalue weighted by atomic mass is 16.5. The summed E-state index contributed by atoms with van der Waals surface area (Å²) in [6, 6.07) is 1.31. The van der Waals surface area contributed by atoms with E-state index in [4.69, 9.17) is 4.74 Å². The van der Waals surface area contributed by atoms with E-state index in [9.17, 15) is 0 Å². The maximum Gasteiger partial charge on any atom is 0.0749 e. The first-order valence-corrected chi connectivity index (χ1v) is 7.00. The van der Waals surface area contributed by atoms with Crippen LogP contribution in [0.4, 0.5) is 0 Å². The molecule has 0 radical (unpaired) electrons. The molecule has 3 heteroatoms. The maximum atomic E-state index is 5.54. The predicted octanol–water partition coefficient (Wildman–Crippen LogP) is 2.26. The molecule has 0 aliphatic carbocycles. The highest BCUT2D eigenvalue weighted by Crippen LogP contribution is 2.14. The summed E-state index contributed by atoms with van der Waals surface area (Å²) in [6.07, 6.45) is 3.71. The zero-order valence-corrected chi connectivity index (χ0v) is 12.3. The standard InChI is InChI=1S/C14H30N2O/c1-6-13-8-10-16(9-7-12(2)15-13)11-14(3,4)17-5/h12-13,15H,6-11H2,1-5H3. The first-order valence-electron chi connectivity index (χ1n) is 7.00. The van der Waals surface area contributed by atoms with Crippen LogP contribution in [-0.4, -0.2) is 49.3 Å². The van der Waals surface area contributed by atoms with Gasteiger partial charge in [-0.05, 0) is 53.1 Å². The summed E-state index contributed by atoms with van der Waals surface area (Å²) in [5, 5.41) is 3.71. The number of nitrogens with one attached hydrogen (secondary N) is 1. The van der Waals surface area contributed by atoms with Crippen molar-refractivity contribution in [2.24, 2.45) is 0 Å². The molecule has 1 aliphatic rings. The minimum absolute atomic E-state index is 0.0302. The van der Waals surface area contributed by atoms with Gasteiger partial charge in [0.25, 0.3) is 0 Å². The minimum atomic E-state index is -0.0302. The van der Waals surface area contributed by atoms with Crippen LogP contribution in [0.25, 0.3) is 0 Å². The van der Waals surface area contributed by atoms with Crippen LogP contribution in [0.15, 0.2) is 0 Å². The van der Waals surface area contributed by atoms with Gasteiger partial charge in [-0.15, -0.1) is 0 Å². The van der Waals surface area contributed by atoms with Crippen LogP contribution < -0.4 is 5.32 Å². The third-order valence-corrected chi connectivity index (χ3v) is 3.84. The number of methoxy groups -OCH3 is 1. The van der Waals surface area contributed by atoms with Crippen LogP contribution in [0.1, 0.15) is 47.0 Å². The van der Waals surface area contributed by atoms with Crippen molar-refractivity contribution < 1.29 is 4.74 Å². The SMILES string of the molecule is CCC1CCN(CC(C)(C)OC)CCC(C)N1. The van der Waals surface area contributed by atoms with E-state index < -0.39 is 0 Å². The summed E-state index contributed by atoms with van der Waals surface area (Å²) < 4.78 is 5.54. The first kappa shape index (κ1) is 14.9. The molecule has 1 heterocycles. The molecule has 1 N–H and O–H groups in total. The van der Waals surface area contributed by atoms with Gasteiger partial charge in [0.2, 0.25) is 0 Å². The molecule has 0 aromatic heterocycles. The van der Waals surface area contributed by atoms with Gasteiger partial charge in [0.15, 0.2) is 0 Å². The molecule has 0 bridgehead atoms. The Morgan fingerprint density at radius 2 is 1.94 bits per heavy atom. The molecule has 1 fully saturated rings. The Morgan fingerprint density at radius 1 is 1.29 bits per heavy atom. The number of hydrogen-bond donors (Lipinski definition) is 1. The quantitative estimate of drug-likeness (QED) is 0.818. The monoisotopic (exact) mass is 242 g/mol. The Hall–Kier alpha value is -0.120. The van der Waals surface area contributed by atoms with Crippen molar-refractivity contribution in [2.75, 3.05) is 26.7 Å². The summed E-state index contributed by atoms with van der Waals surface area (Å²) >= 11 is 0. The van der Waals surface area contributed by atoms with E-state index in [1.165, 1.54) is 32.4 Å². The maximum absolute atomic E-state index is 5.54. The summed E-state index contributed by atoms with van der Waals surface area (Å²) in [6.45, 7) is 12.3. The lowest BCUT2D eigenvalue weighted by atomic mass is 10.0. The lowest BCUT2D eigenvalue weighted by Crippen LogP contribution is -2.47. The summed E-state index contributed by atoms with van der Waals surface area (Å²) in [4.78, 5) is 2.56. The Morgan fingerprint density at radius 3 is 2.53 bits per heavy atom. The van der Waals surface area contributed by atoms with Gasteiger partial charge in [-0.3, -0.25) is 0 Å². The van der Waals surface area contributed by atoms with Crippen LogP contribution in [-0.2, 0) is 4.74 Å². The number of ether oxygens (including phenoxy) is 1. The molecule has 0 aromatic carbocycles. The second-order valence-electron chi connectivity index (χ2n) is 5.99. The second kappa shape index (κ2) is 6.72. The largest absolute Gasteiger partial charge is 0.377 e. The topological polar surface area (TPSA) is 24.5 Å². The van der Waals surface area contributed by atoms with Crippen molar-refractivity contribution in [1.29, 1.82) is 0 Å². The van der Waals surface area contributed by atoms with Crippen molar-refractivity contribution in [3.8, 4) is 0 Å². The fourth-order valence-electron chi connectivity index (χ4n) is 2.48. The summed E-state index contributed by atoms with van der Waals surface area (Å²) in [5.74, 6) is 0. The van der Waals surface area contributed by atoms with Gasteiger partial charge in [0.05, 0.1) is 5.60 Å². The molecule has 102 valence electrons. The van der Waals surface area contributed by atoms with Gasteiger partial charge in [-0.25, -0.2) is 0 Å². The van der Waals surface area contributed by atoms with E-state index in [1.54, 1.807) is 0 Å². The van der Waals surface area contributed by atoms with Crippen molar-refractivity contribution in [3.63, 3.8) is 0 Å². The molecule has 1 rings (SSSR count). The van der Waals surface area contributed by atoms with E-state index in [0.29, 0.717) is 12.1 Å². The molecule has 0 spiro atoms. The number of hydrogen-bond acceptors (Lipinski definition) is 3. The van der Waals surface area contributed by atoms with Crippen molar-refractivity contribution >= 4 is 0 Å². The molecular formula is C14H30N2O. The highest BCUT2D eigenvalue weighted by molar-refractivity contribution is 4.80. The van der Waals surface area contributed by atoms with Crippen molar-refractivity contribution in [3.05, 3.63) is 0 Å². The zero-order chi connectivity index (χ0) is 12.9. The van der Waals surface area contributed by atoms with Crippen LogP contribution in [0.5, 0.6) is 0 Å². The van der Waals surface area contributed by atoms with Gasteiger partial charge < -0.3 is 15.0 Å². The second-order valence-corrected chi connectivity index (χ2v) is 5.99. The minimum Gasteiger partial charge on any atom is -0.377 e. The lowest BCUT2D eigenvalue weighted by molar-refractivity contribution is -0.0104. The molecule has 3 nitrogen and oxygen atoms in total. The zero-order valence-electron chi connectivity index (χ0n) is 12.3. The summed E-state index contributed by atoms with van der Waals surface area (Å²) in [7, 11) is 1.81. The van der Waals surface area contributed by atoms with E-state index >= 15 is 0 Å². The van der Waals surface area contributed by atoms with Crippen LogP contribution in [0.3, 0.4) is 0 Å². The first-order chi connectivity index (χ1) is 7.96. The van der Waals surface area contributed by atoms with Crippen molar-refractivity contribution in [1.82, 2.24) is 10.2 Å². The molecule has 0 aromatic rings.